The van der Waals surface area contributed by atoms with Gasteiger partial charge in [0.05, 0.1) is 0 Å². The molecule has 0 aliphatic rings. The molecule has 0 amide bonds. The number of carbonyl (C=O) groups excluding carboxylic acids is 1. The molecule has 2 aromatic carbocycles. The zero-order valence-electron chi connectivity index (χ0n) is 19.1. The van der Waals surface area contributed by atoms with Crippen LogP contribution < -0.4 is 10.4 Å². The average molecular weight is 411 g/mol. The molecule has 0 aliphatic carbocycles. The monoisotopic (exact) mass is 410 g/mol. The highest BCUT2D eigenvalue weighted by atomic mass is 28.4. The van der Waals surface area contributed by atoms with Crippen molar-refractivity contribution in [2.75, 3.05) is 6.61 Å². The maximum atomic E-state index is 11.5. The van der Waals surface area contributed by atoms with Crippen LogP contribution in [0.25, 0.3) is 0 Å². The van der Waals surface area contributed by atoms with Crippen molar-refractivity contribution in [1.82, 2.24) is 0 Å². The van der Waals surface area contributed by atoms with Crippen molar-refractivity contribution in [2.45, 2.75) is 65.8 Å². The number of hydrogen-bond acceptors (Lipinski definition) is 2. The van der Waals surface area contributed by atoms with E-state index in [1.165, 1.54) is 10.4 Å². The lowest BCUT2D eigenvalue weighted by Crippen LogP contribution is -2.66. The van der Waals surface area contributed by atoms with Gasteiger partial charge in [-0.25, -0.2) is 0 Å². The Kier molecular flexibility index (Phi) is 8.42. The second-order valence-electron chi connectivity index (χ2n) is 9.55. The van der Waals surface area contributed by atoms with Crippen LogP contribution in [0.2, 0.25) is 5.04 Å². The van der Waals surface area contributed by atoms with Crippen LogP contribution in [0, 0.1) is 11.8 Å². The molecule has 0 aliphatic heterocycles. The highest BCUT2D eigenvalue weighted by molar-refractivity contribution is 6.99. The number of ketones is 1. The molecule has 2 aromatic rings. The van der Waals surface area contributed by atoms with E-state index in [9.17, 15) is 4.79 Å². The van der Waals surface area contributed by atoms with Crippen LogP contribution >= 0.6 is 0 Å². The van der Waals surface area contributed by atoms with Gasteiger partial charge in [-0.15, -0.1) is 0 Å². The Morgan fingerprint density at radius 2 is 1.38 bits per heavy atom. The molecule has 2 nitrogen and oxygen atoms in total. The van der Waals surface area contributed by atoms with Crippen LogP contribution in [0.4, 0.5) is 0 Å². The van der Waals surface area contributed by atoms with Crippen molar-refractivity contribution in [3.8, 4) is 0 Å². The molecule has 0 unspecified atom stereocenters. The lowest BCUT2D eigenvalue weighted by atomic mass is 9.88. The molecule has 0 spiro atoms. The topological polar surface area (TPSA) is 26.3 Å². The predicted octanol–water partition coefficient (Wildman–Crippen LogP) is 5.59. The molecule has 158 valence electrons. The lowest BCUT2D eigenvalue weighted by molar-refractivity contribution is -0.117. The van der Waals surface area contributed by atoms with E-state index in [4.69, 9.17) is 4.43 Å². The Bertz CT molecular complexity index is 708. The van der Waals surface area contributed by atoms with E-state index in [1.54, 1.807) is 6.92 Å². The van der Waals surface area contributed by atoms with Crippen molar-refractivity contribution in [3.63, 3.8) is 0 Å². The maximum Gasteiger partial charge on any atom is 0.261 e. The van der Waals surface area contributed by atoms with Gasteiger partial charge in [-0.3, -0.25) is 0 Å². The second-order valence-corrected chi connectivity index (χ2v) is 13.9. The summed E-state index contributed by atoms with van der Waals surface area (Å²) in [6.45, 7) is 13.9. The van der Waals surface area contributed by atoms with E-state index in [2.05, 4.69) is 95.3 Å². The van der Waals surface area contributed by atoms with E-state index >= 15 is 0 Å². The van der Waals surface area contributed by atoms with Gasteiger partial charge in [0.2, 0.25) is 0 Å². The van der Waals surface area contributed by atoms with Gasteiger partial charge in [0.15, 0.2) is 0 Å². The van der Waals surface area contributed by atoms with Crippen LogP contribution in [-0.4, -0.2) is 20.7 Å². The summed E-state index contributed by atoms with van der Waals surface area (Å²) in [5.41, 5.74) is 0. The molecule has 0 aromatic heterocycles. The molecule has 0 radical (unpaired) electrons. The quantitative estimate of drug-likeness (QED) is 0.477. The number of rotatable bonds is 10. The zero-order valence-corrected chi connectivity index (χ0v) is 20.1. The molecule has 3 heteroatoms. The Hall–Kier alpha value is -1.71. The largest absolute Gasteiger partial charge is 0.407 e. The first kappa shape index (κ1) is 23.6. The van der Waals surface area contributed by atoms with E-state index in [0.717, 1.165) is 19.4 Å². The van der Waals surface area contributed by atoms with Crippen LogP contribution in [0.3, 0.4) is 0 Å². The fraction of sp³-hybridized carbons (Fsp3) is 0.500. The molecule has 2 rings (SSSR count). The van der Waals surface area contributed by atoms with Gasteiger partial charge in [-0.1, -0.05) is 95.3 Å². The SMILES string of the molecule is CC(=O)CC[C@H](CCO[Si](c1ccccc1)(c1ccccc1)C(C)(C)C)C(C)C. The van der Waals surface area contributed by atoms with Crippen molar-refractivity contribution >= 4 is 24.5 Å². The van der Waals surface area contributed by atoms with Gasteiger partial charge in [-0.2, -0.15) is 0 Å². The number of benzene rings is 2. The molecule has 0 fully saturated rings. The first-order chi connectivity index (χ1) is 13.7. The third-order valence-corrected chi connectivity index (χ3v) is 11.1. The Morgan fingerprint density at radius 1 is 0.897 bits per heavy atom. The molecule has 0 heterocycles. The molecule has 29 heavy (non-hydrogen) atoms. The first-order valence-corrected chi connectivity index (χ1v) is 12.8. The van der Waals surface area contributed by atoms with Crippen molar-refractivity contribution in [3.05, 3.63) is 60.7 Å². The van der Waals surface area contributed by atoms with Gasteiger partial charge in [0.1, 0.15) is 5.78 Å². The van der Waals surface area contributed by atoms with Crippen molar-refractivity contribution < 1.29 is 9.22 Å². The van der Waals surface area contributed by atoms with Crippen LogP contribution in [-0.2, 0) is 9.22 Å². The molecular formula is C26H38O2Si. The summed E-state index contributed by atoms with van der Waals surface area (Å²) >= 11 is 0. The highest BCUT2D eigenvalue weighted by Gasteiger charge is 2.50. The van der Waals surface area contributed by atoms with Crippen LogP contribution in [0.15, 0.2) is 60.7 Å². The summed E-state index contributed by atoms with van der Waals surface area (Å²) in [6.07, 6.45) is 2.62. The summed E-state index contributed by atoms with van der Waals surface area (Å²) in [7, 11) is -2.46. The average Bonchev–Trinajstić information content (AvgIpc) is 2.67. The Morgan fingerprint density at radius 3 is 1.76 bits per heavy atom. The normalized spacial score (nSPS) is 13.5. The smallest absolute Gasteiger partial charge is 0.261 e. The molecular weight excluding hydrogens is 372 g/mol. The van der Waals surface area contributed by atoms with Crippen LogP contribution in [0.5, 0.6) is 0 Å². The molecule has 1 atom stereocenters. The Balaban J connectivity index is 2.35. The third-order valence-electron chi connectivity index (χ3n) is 6.03. The van der Waals surface area contributed by atoms with E-state index in [-0.39, 0.29) is 10.8 Å². The fourth-order valence-electron chi connectivity index (χ4n) is 4.32. The van der Waals surface area contributed by atoms with Crippen molar-refractivity contribution in [2.24, 2.45) is 11.8 Å². The number of hydrogen-bond donors (Lipinski definition) is 0. The maximum absolute atomic E-state index is 11.5. The minimum atomic E-state index is -2.46. The van der Waals surface area contributed by atoms with E-state index in [0.29, 0.717) is 18.3 Å². The second kappa shape index (κ2) is 10.4. The Labute approximate surface area is 178 Å². The van der Waals surface area contributed by atoms with Crippen molar-refractivity contribution in [1.29, 1.82) is 0 Å². The highest BCUT2D eigenvalue weighted by Crippen LogP contribution is 2.37. The molecule has 0 saturated carbocycles. The molecule has 0 saturated heterocycles. The van der Waals surface area contributed by atoms with Gasteiger partial charge < -0.3 is 9.22 Å². The summed E-state index contributed by atoms with van der Waals surface area (Å²) in [6, 6.07) is 21.6. The minimum Gasteiger partial charge on any atom is -0.407 e. The fourth-order valence-corrected chi connectivity index (χ4v) is 8.90. The van der Waals surface area contributed by atoms with Crippen LogP contribution in [0.1, 0.15) is 60.8 Å². The molecule has 0 bridgehead atoms. The van der Waals surface area contributed by atoms with Gasteiger partial charge in [0.25, 0.3) is 8.32 Å². The lowest BCUT2D eigenvalue weighted by Gasteiger charge is -2.43. The number of carbonyl (C=O) groups is 1. The van der Waals surface area contributed by atoms with Gasteiger partial charge >= 0.3 is 0 Å². The number of Topliss-reactive ketones (excluding diaryl/α,β-unsaturated/α-hetero) is 1. The predicted molar refractivity (Wildman–Crippen MR) is 126 cm³/mol. The van der Waals surface area contributed by atoms with Gasteiger partial charge in [-0.05, 0) is 47.0 Å². The minimum absolute atomic E-state index is 0.00240. The third kappa shape index (κ3) is 5.89. The summed E-state index contributed by atoms with van der Waals surface area (Å²) < 4.78 is 7.01. The first-order valence-electron chi connectivity index (χ1n) is 10.9. The molecule has 0 N–H and O–H groups in total. The zero-order chi connectivity index (χ0) is 21.5. The van der Waals surface area contributed by atoms with E-state index in [1.807, 2.05) is 0 Å². The summed E-state index contributed by atoms with van der Waals surface area (Å²) in [5.74, 6) is 1.35. The standard InChI is InChI=1S/C26H38O2Si/c1-21(2)23(18-17-22(3)27)19-20-28-29(26(4,5)6,24-13-9-7-10-14-24)25-15-11-8-12-16-25/h7-16,21,23H,17-20H2,1-6H3/t23-/m1/s1. The van der Waals surface area contributed by atoms with Gasteiger partial charge in [0, 0.05) is 13.0 Å². The van der Waals surface area contributed by atoms with E-state index < -0.39 is 8.32 Å². The summed E-state index contributed by atoms with van der Waals surface area (Å²) in [5, 5.41) is 2.65. The summed E-state index contributed by atoms with van der Waals surface area (Å²) in [4.78, 5) is 11.5.